The minimum Gasteiger partial charge on any atom is -0.315 e. The molecule has 2 rings (SSSR count). The molecule has 0 saturated heterocycles. The zero-order valence-electron chi connectivity index (χ0n) is 13.5. The van der Waals surface area contributed by atoms with E-state index in [0.717, 1.165) is 12.5 Å². The van der Waals surface area contributed by atoms with E-state index in [4.69, 9.17) is 0 Å². The smallest absolute Gasteiger partial charge is 0.0252 e. The van der Waals surface area contributed by atoms with Gasteiger partial charge in [-0.1, -0.05) is 37.6 Å². The highest BCUT2D eigenvalue weighted by atomic mass is 15.2. The van der Waals surface area contributed by atoms with E-state index in [9.17, 15) is 0 Å². The Morgan fingerprint density at radius 2 is 2.00 bits per heavy atom. The molecule has 0 aliphatic heterocycles. The van der Waals surface area contributed by atoms with Gasteiger partial charge in [0.05, 0.1) is 0 Å². The number of nitrogens with zero attached hydrogens (tertiary/aromatic N) is 1. The third kappa shape index (κ3) is 3.62. The summed E-state index contributed by atoms with van der Waals surface area (Å²) in [7, 11) is 4.41. The molecule has 0 radical (unpaired) electrons. The van der Waals surface area contributed by atoms with Crippen molar-refractivity contribution in [2.75, 3.05) is 14.1 Å². The van der Waals surface area contributed by atoms with E-state index >= 15 is 0 Å². The van der Waals surface area contributed by atoms with Crippen molar-refractivity contribution >= 4 is 0 Å². The summed E-state index contributed by atoms with van der Waals surface area (Å²) in [5.74, 6) is 0.906. The predicted molar refractivity (Wildman–Crippen MR) is 86.9 cm³/mol. The molecule has 1 N–H and O–H groups in total. The average molecular weight is 274 g/mol. The van der Waals surface area contributed by atoms with Crippen LogP contribution in [0.25, 0.3) is 0 Å². The molecule has 112 valence electrons. The number of hydrogen-bond acceptors (Lipinski definition) is 2. The maximum Gasteiger partial charge on any atom is 0.0252 e. The standard InChI is InChI=1S/C18H30N2/c1-5-15-10-11-17(19-3)18(12-15)20(4)13-16-9-7-6-8-14(16)2/h6-9,15,17-19H,5,10-13H2,1-4H3. The van der Waals surface area contributed by atoms with Crippen LogP contribution in [0.2, 0.25) is 0 Å². The number of benzene rings is 1. The van der Waals surface area contributed by atoms with Crippen LogP contribution in [0.1, 0.15) is 43.7 Å². The summed E-state index contributed by atoms with van der Waals surface area (Å²) in [6, 6.07) is 10.1. The normalized spacial score (nSPS) is 26.9. The van der Waals surface area contributed by atoms with E-state index in [1.54, 1.807) is 0 Å². The van der Waals surface area contributed by atoms with Gasteiger partial charge < -0.3 is 5.32 Å². The molecule has 0 bridgehead atoms. The van der Waals surface area contributed by atoms with Gasteiger partial charge in [0.1, 0.15) is 0 Å². The molecule has 2 heteroatoms. The first-order chi connectivity index (χ1) is 9.65. The second-order valence-electron chi connectivity index (χ2n) is 6.39. The molecule has 1 aromatic rings. The Kier molecular flexibility index (Phi) is 5.62. The van der Waals surface area contributed by atoms with E-state index in [0.29, 0.717) is 12.1 Å². The lowest BCUT2D eigenvalue weighted by Crippen LogP contribution is -2.50. The van der Waals surface area contributed by atoms with Crippen LogP contribution in [0.5, 0.6) is 0 Å². The molecule has 0 heterocycles. The number of rotatable bonds is 5. The summed E-state index contributed by atoms with van der Waals surface area (Å²) >= 11 is 0. The van der Waals surface area contributed by atoms with Crippen molar-refractivity contribution in [2.24, 2.45) is 5.92 Å². The second-order valence-corrected chi connectivity index (χ2v) is 6.39. The Morgan fingerprint density at radius 1 is 1.25 bits per heavy atom. The second kappa shape index (κ2) is 7.24. The highest BCUT2D eigenvalue weighted by molar-refractivity contribution is 5.25. The lowest BCUT2D eigenvalue weighted by molar-refractivity contribution is 0.116. The minimum absolute atomic E-state index is 0.645. The Labute approximate surface area is 124 Å². The predicted octanol–water partition coefficient (Wildman–Crippen LogP) is 3.59. The maximum absolute atomic E-state index is 3.54. The minimum atomic E-state index is 0.645. The van der Waals surface area contributed by atoms with Gasteiger partial charge in [0.25, 0.3) is 0 Å². The molecule has 1 aromatic carbocycles. The fraction of sp³-hybridized carbons (Fsp3) is 0.667. The van der Waals surface area contributed by atoms with Crippen LogP contribution in [-0.4, -0.2) is 31.1 Å². The van der Waals surface area contributed by atoms with Crippen molar-refractivity contribution in [1.29, 1.82) is 0 Å². The SMILES string of the molecule is CCC1CCC(NC)C(N(C)Cc2ccccc2C)C1. The lowest BCUT2D eigenvalue weighted by Gasteiger charge is -2.41. The lowest BCUT2D eigenvalue weighted by atomic mass is 9.80. The highest BCUT2D eigenvalue weighted by Gasteiger charge is 2.31. The van der Waals surface area contributed by atoms with Gasteiger partial charge in [0, 0.05) is 18.6 Å². The van der Waals surface area contributed by atoms with Crippen LogP contribution >= 0.6 is 0 Å². The fourth-order valence-corrected chi connectivity index (χ4v) is 3.60. The first kappa shape index (κ1) is 15.5. The summed E-state index contributed by atoms with van der Waals surface area (Å²) < 4.78 is 0. The zero-order valence-corrected chi connectivity index (χ0v) is 13.5. The number of hydrogen-bond donors (Lipinski definition) is 1. The molecule has 0 aromatic heterocycles. The first-order valence-electron chi connectivity index (χ1n) is 8.07. The molecule has 3 atom stereocenters. The molecular weight excluding hydrogens is 244 g/mol. The fourth-order valence-electron chi connectivity index (χ4n) is 3.60. The van der Waals surface area contributed by atoms with Crippen LogP contribution < -0.4 is 5.32 Å². The third-order valence-electron chi connectivity index (χ3n) is 5.12. The van der Waals surface area contributed by atoms with Crippen molar-refractivity contribution in [2.45, 2.75) is 58.2 Å². The molecule has 0 amide bonds. The van der Waals surface area contributed by atoms with Crippen LogP contribution in [0, 0.1) is 12.8 Å². The zero-order chi connectivity index (χ0) is 14.5. The number of aryl methyl sites for hydroxylation is 1. The van der Waals surface area contributed by atoms with Gasteiger partial charge in [-0.25, -0.2) is 0 Å². The van der Waals surface area contributed by atoms with Crippen LogP contribution in [0.4, 0.5) is 0 Å². The van der Waals surface area contributed by atoms with Crippen LogP contribution in [-0.2, 0) is 6.54 Å². The van der Waals surface area contributed by atoms with Gasteiger partial charge in [-0.3, -0.25) is 4.90 Å². The summed E-state index contributed by atoms with van der Waals surface area (Å²) in [5, 5.41) is 3.54. The molecule has 1 aliphatic rings. The third-order valence-corrected chi connectivity index (χ3v) is 5.12. The van der Waals surface area contributed by atoms with Crippen molar-refractivity contribution in [1.82, 2.24) is 10.2 Å². The van der Waals surface area contributed by atoms with E-state index in [-0.39, 0.29) is 0 Å². The van der Waals surface area contributed by atoms with E-state index in [2.05, 4.69) is 62.4 Å². The van der Waals surface area contributed by atoms with Crippen LogP contribution in [0.15, 0.2) is 24.3 Å². The molecule has 3 unspecified atom stereocenters. The quantitative estimate of drug-likeness (QED) is 0.882. The Bertz CT molecular complexity index is 416. The summed E-state index contributed by atoms with van der Waals surface area (Å²) in [6.45, 7) is 5.61. The van der Waals surface area contributed by atoms with Gasteiger partial charge in [0.2, 0.25) is 0 Å². The molecule has 0 spiro atoms. The summed E-state index contributed by atoms with van der Waals surface area (Å²) in [4.78, 5) is 2.56. The van der Waals surface area contributed by atoms with E-state index in [1.807, 2.05) is 0 Å². The van der Waals surface area contributed by atoms with Gasteiger partial charge in [-0.15, -0.1) is 0 Å². The van der Waals surface area contributed by atoms with Crippen molar-refractivity contribution in [3.8, 4) is 0 Å². The Balaban J connectivity index is 2.05. The van der Waals surface area contributed by atoms with Gasteiger partial charge in [-0.2, -0.15) is 0 Å². The largest absolute Gasteiger partial charge is 0.315 e. The van der Waals surface area contributed by atoms with E-state index in [1.165, 1.54) is 36.8 Å². The monoisotopic (exact) mass is 274 g/mol. The molecule has 1 fully saturated rings. The van der Waals surface area contributed by atoms with Gasteiger partial charge in [-0.05, 0) is 57.3 Å². The van der Waals surface area contributed by atoms with Crippen molar-refractivity contribution < 1.29 is 0 Å². The van der Waals surface area contributed by atoms with E-state index < -0.39 is 0 Å². The molecule has 20 heavy (non-hydrogen) atoms. The van der Waals surface area contributed by atoms with Crippen molar-refractivity contribution in [3.05, 3.63) is 35.4 Å². The van der Waals surface area contributed by atoms with Crippen LogP contribution in [0.3, 0.4) is 0 Å². The van der Waals surface area contributed by atoms with Crippen molar-refractivity contribution in [3.63, 3.8) is 0 Å². The topological polar surface area (TPSA) is 15.3 Å². The van der Waals surface area contributed by atoms with Gasteiger partial charge in [0.15, 0.2) is 0 Å². The van der Waals surface area contributed by atoms with Gasteiger partial charge >= 0.3 is 0 Å². The number of nitrogens with one attached hydrogen (secondary N) is 1. The molecular formula is C18H30N2. The Morgan fingerprint density at radius 3 is 2.65 bits per heavy atom. The number of likely N-dealkylation sites (N-methyl/N-ethyl adjacent to an activating group) is 2. The highest BCUT2D eigenvalue weighted by Crippen LogP contribution is 2.30. The Hall–Kier alpha value is -0.860. The molecule has 1 aliphatic carbocycles. The first-order valence-corrected chi connectivity index (χ1v) is 8.07. The summed E-state index contributed by atoms with van der Waals surface area (Å²) in [5.41, 5.74) is 2.87. The summed E-state index contributed by atoms with van der Waals surface area (Å²) in [6.07, 6.45) is 5.37. The molecule has 2 nitrogen and oxygen atoms in total. The maximum atomic E-state index is 3.54. The molecule has 1 saturated carbocycles. The average Bonchev–Trinajstić information content (AvgIpc) is 2.48.